The second-order valence-electron chi connectivity index (χ2n) is 5.96. The molecule has 3 heterocycles. The van der Waals surface area contributed by atoms with Crippen LogP contribution in [0.4, 0.5) is 13.2 Å². The van der Waals surface area contributed by atoms with Gasteiger partial charge in [-0.25, -0.2) is 9.67 Å². The van der Waals surface area contributed by atoms with Gasteiger partial charge >= 0.3 is 6.18 Å². The summed E-state index contributed by atoms with van der Waals surface area (Å²) in [5.41, 5.74) is 0.799. The first kappa shape index (κ1) is 17.3. The summed E-state index contributed by atoms with van der Waals surface area (Å²) in [6.45, 7) is 3.40. The minimum atomic E-state index is -4.19. The van der Waals surface area contributed by atoms with E-state index < -0.39 is 12.6 Å². The number of rotatable bonds is 6. The summed E-state index contributed by atoms with van der Waals surface area (Å²) in [6, 6.07) is 0. The molecule has 1 atom stereocenters. The van der Waals surface area contributed by atoms with Crippen LogP contribution in [0.15, 0.2) is 12.4 Å². The average molecular weight is 359 g/mol. The summed E-state index contributed by atoms with van der Waals surface area (Å²) >= 11 is 1.90. The molecule has 0 N–H and O–H groups in total. The number of aromatic nitrogens is 5. The number of alkyl halides is 3. The Morgan fingerprint density at radius 1 is 1.38 bits per heavy atom. The molecule has 1 fully saturated rings. The Kier molecular flexibility index (Phi) is 5.17. The highest BCUT2D eigenvalue weighted by Crippen LogP contribution is 2.27. The SMILES string of the molecule is CCn1cc(-c2nc(CCC(F)(F)F)nn2CC2CCSC2)cn1. The van der Waals surface area contributed by atoms with Crippen molar-refractivity contribution in [3.63, 3.8) is 0 Å². The molecule has 132 valence electrons. The fraction of sp³-hybridized carbons (Fsp3) is 0.667. The second kappa shape index (κ2) is 7.16. The number of nitrogens with zero attached hydrogens (tertiary/aromatic N) is 5. The van der Waals surface area contributed by atoms with Crippen LogP contribution in [0.1, 0.15) is 25.6 Å². The highest BCUT2D eigenvalue weighted by atomic mass is 32.2. The molecular formula is C15H20F3N5S. The lowest BCUT2D eigenvalue weighted by atomic mass is 10.1. The van der Waals surface area contributed by atoms with Gasteiger partial charge in [0.15, 0.2) is 11.6 Å². The van der Waals surface area contributed by atoms with Gasteiger partial charge in [0.1, 0.15) is 0 Å². The van der Waals surface area contributed by atoms with Crippen LogP contribution in [0.25, 0.3) is 11.4 Å². The lowest BCUT2D eigenvalue weighted by Gasteiger charge is -2.09. The van der Waals surface area contributed by atoms with Crippen LogP contribution in [0.5, 0.6) is 0 Å². The Hall–Kier alpha value is -1.51. The normalized spacial score (nSPS) is 18.4. The van der Waals surface area contributed by atoms with E-state index in [2.05, 4.69) is 15.2 Å². The standard InChI is InChI=1S/C15H20F3N5S/c1-2-22-9-12(7-19-22)14-20-13(3-5-15(16,17)18)21-23(14)8-11-4-6-24-10-11/h7,9,11H,2-6,8,10H2,1H3. The zero-order valence-corrected chi connectivity index (χ0v) is 14.3. The van der Waals surface area contributed by atoms with E-state index in [9.17, 15) is 13.2 Å². The van der Waals surface area contributed by atoms with E-state index >= 15 is 0 Å². The Balaban J connectivity index is 1.84. The fourth-order valence-electron chi connectivity index (χ4n) is 2.71. The third-order valence-electron chi connectivity index (χ3n) is 4.02. The van der Waals surface area contributed by atoms with E-state index in [1.54, 1.807) is 15.6 Å². The quantitative estimate of drug-likeness (QED) is 0.793. The monoisotopic (exact) mass is 359 g/mol. The largest absolute Gasteiger partial charge is 0.389 e. The molecule has 1 saturated heterocycles. The van der Waals surface area contributed by atoms with Gasteiger partial charge in [-0.3, -0.25) is 4.68 Å². The van der Waals surface area contributed by atoms with Crippen molar-refractivity contribution in [2.75, 3.05) is 11.5 Å². The Bertz CT molecular complexity index is 673. The molecule has 0 aliphatic carbocycles. The van der Waals surface area contributed by atoms with Crippen LogP contribution >= 0.6 is 11.8 Å². The van der Waals surface area contributed by atoms with Crippen LogP contribution in [0, 0.1) is 5.92 Å². The number of aryl methyl sites for hydroxylation is 2. The molecule has 0 aromatic carbocycles. The summed E-state index contributed by atoms with van der Waals surface area (Å²) in [5.74, 6) is 3.54. The van der Waals surface area contributed by atoms with Gasteiger partial charge in [-0.1, -0.05) is 0 Å². The summed E-state index contributed by atoms with van der Waals surface area (Å²) < 4.78 is 40.9. The van der Waals surface area contributed by atoms with Gasteiger partial charge in [0.25, 0.3) is 0 Å². The summed E-state index contributed by atoms with van der Waals surface area (Å²) in [7, 11) is 0. The van der Waals surface area contributed by atoms with Gasteiger partial charge in [0.05, 0.1) is 18.2 Å². The van der Waals surface area contributed by atoms with Crippen molar-refractivity contribution in [2.45, 2.75) is 45.5 Å². The zero-order chi connectivity index (χ0) is 17.2. The van der Waals surface area contributed by atoms with Crippen LogP contribution in [-0.2, 0) is 19.5 Å². The molecule has 0 amide bonds. The predicted molar refractivity (Wildman–Crippen MR) is 86.7 cm³/mol. The third kappa shape index (κ3) is 4.31. The first-order valence-corrected chi connectivity index (χ1v) is 9.21. The summed E-state index contributed by atoms with van der Waals surface area (Å²) in [6.07, 6.45) is -0.621. The maximum absolute atomic E-state index is 12.5. The van der Waals surface area contributed by atoms with Gasteiger partial charge in [0, 0.05) is 25.7 Å². The number of thioether (sulfide) groups is 1. The number of hydrogen-bond acceptors (Lipinski definition) is 4. The lowest BCUT2D eigenvalue weighted by molar-refractivity contribution is -0.134. The van der Waals surface area contributed by atoms with Gasteiger partial charge in [-0.15, -0.1) is 0 Å². The van der Waals surface area contributed by atoms with Crippen molar-refractivity contribution in [1.29, 1.82) is 0 Å². The number of hydrogen-bond donors (Lipinski definition) is 0. The molecule has 3 rings (SSSR count). The fourth-order valence-corrected chi connectivity index (χ4v) is 3.99. The van der Waals surface area contributed by atoms with Gasteiger partial charge in [-0.2, -0.15) is 35.1 Å². The maximum atomic E-state index is 12.5. The van der Waals surface area contributed by atoms with Gasteiger partial charge < -0.3 is 0 Å². The molecule has 0 bridgehead atoms. The highest BCUT2D eigenvalue weighted by Gasteiger charge is 2.28. The van der Waals surface area contributed by atoms with Crippen molar-refractivity contribution in [1.82, 2.24) is 24.5 Å². The lowest BCUT2D eigenvalue weighted by Crippen LogP contribution is -2.13. The molecule has 1 aliphatic heterocycles. The van der Waals surface area contributed by atoms with Crippen molar-refractivity contribution < 1.29 is 13.2 Å². The maximum Gasteiger partial charge on any atom is 0.389 e. The Morgan fingerprint density at radius 2 is 2.21 bits per heavy atom. The second-order valence-corrected chi connectivity index (χ2v) is 7.11. The summed E-state index contributed by atoms with van der Waals surface area (Å²) in [4.78, 5) is 4.36. The predicted octanol–water partition coefficient (Wildman–Crippen LogP) is 3.41. The van der Waals surface area contributed by atoms with Crippen LogP contribution in [-0.4, -0.2) is 42.2 Å². The molecule has 5 nitrogen and oxygen atoms in total. The third-order valence-corrected chi connectivity index (χ3v) is 5.25. The smallest absolute Gasteiger partial charge is 0.272 e. The molecule has 2 aromatic rings. The minimum absolute atomic E-state index is 0.190. The molecule has 9 heteroatoms. The molecule has 1 aliphatic rings. The molecule has 0 saturated carbocycles. The molecule has 2 aromatic heterocycles. The van der Waals surface area contributed by atoms with E-state index in [1.807, 2.05) is 24.9 Å². The van der Waals surface area contributed by atoms with Crippen molar-refractivity contribution in [3.8, 4) is 11.4 Å². The van der Waals surface area contributed by atoms with Crippen molar-refractivity contribution >= 4 is 11.8 Å². The molecule has 24 heavy (non-hydrogen) atoms. The zero-order valence-electron chi connectivity index (χ0n) is 13.5. The Morgan fingerprint density at radius 3 is 2.83 bits per heavy atom. The topological polar surface area (TPSA) is 48.5 Å². The summed E-state index contributed by atoms with van der Waals surface area (Å²) in [5, 5.41) is 8.58. The number of halogens is 3. The van der Waals surface area contributed by atoms with Gasteiger partial charge in [-0.05, 0) is 30.8 Å². The average Bonchev–Trinajstić information content (AvgIpc) is 3.25. The first-order chi connectivity index (χ1) is 11.4. The van der Waals surface area contributed by atoms with Crippen molar-refractivity contribution in [2.24, 2.45) is 5.92 Å². The Labute approximate surface area is 142 Å². The van der Waals surface area contributed by atoms with E-state index in [1.165, 1.54) is 0 Å². The van der Waals surface area contributed by atoms with Crippen LogP contribution < -0.4 is 0 Å². The first-order valence-electron chi connectivity index (χ1n) is 8.05. The minimum Gasteiger partial charge on any atom is -0.272 e. The molecule has 0 spiro atoms. The van der Waals surface area contributed by atoms with Crippen LogP contribution in [0.2, 0.25) is 0 Å². The van der Waals surface area contributed by atoms with Gasteiger partial charge in [0.2, 0.25) is 0 Å². The highest BCUT2D eigenvalue weighted by molar-refractivity contribution is 7.99. The van der Waals surface area contributed by atoms with Crippen molar-refractivity contribution in [3.05, 3.63) is 18.2 Å². The molecule has 0 radical (unpaired) electrons. The molecule has 1 unspecified atom stereocenters. The van der Waals surface area contributed by atoms with E-state index in [0.717, 1.165) is 30.0 Å². The molecular weight excluding hydrogens is 339 g/mol. The van der Waals surface area contributed by atoms with Crippen LogP contribution in [0.3, 0.4) is 0 Å². The van der Waals surface area contributed by atoms with E-state index in [-0.39, 0.29) is 12.2 Å². The van der Waals surface area contributed by atoms with E-state index in [4.69, 9.17) is 0 Å². The van der Waals surface area contributed by atoms with E-state index in [0.29, 0.717) is 18.3 Å².